The van der Waals surface area contributed by atoms with Crippen LogP contribution >= 0.6 is 11.6 Å². The molecule has 0 fully saturated rings. The molecule has 0 unspecified atom stereocenters. The fourth-order valence-corrected chi connectivity index (χ4v) is 2.07. The smallest absolute Gasteiger partial charge is 0.306 e. The van der Waals surface area contributed by atoms with Crippen LogP contribution in [0.1, 0.15) is 17.5 Å². The fourth-order valence-electron chi connectivity index (χ4n) is 1.88. The topological polar surface area (TPSA) is 52.3 Å². The quantitative estimate of drug-likeness (QED) is 0.676. The minimum Gasteiger partial charge on any atom is -0.461 e. The number of anilines is 1. The molecule has 21 heavy (non-hydrogen) atoms. The third-order valence-electron chi connectivity index (χ3n) is 2.97. The molecule has 0 heterocycles. The van der Waals surface area contributed by atoms with Gasteiger partial charge in [0.25, 0.3) is 0 Å². The summed E-state index contributed by atoms with van der Waals surface area (Å²) in [6.45, 7) is -0.123. The molecule has 0 radical (unpaired) electrons. The number of carbonyl (C=O) groups excluding carboxylic acids is 1. The molecule has 0 saturated heterocycles. The molecule has 3 nitrogen and oxygen atoms in total. The Hall–Kier alpha value is -2.07. The lowest BCUT2D eigenvalue weighted by Crippen LogP contribution is -2.07. The zero-order valence-electron chi connectivity index (χ0n) is 11.3. The molecule has 2 aromatic rings. The van der Waals surface area contributed by atoms with E-state index in [4.69, 9.17) is 22.1 Å². The Morgan fingerprint density at radius 1 is 1.24 bits per heavy atom. The predicted molar refractivity (Wildman–Crippen MR) is 80.4 cm³/mol. The number of ether oxygens (including phenoxy) is 1. The zero-order chi connectivity index (χ0) is 15.2. The highest BCUT2D eigenvalue weighted by Gasteiger charge is 2.08. The molecule has 0 aliphatic rings. The van der Waals surface area contributed by atoms with Gasteiger partial charge in [0, 0.05) is 22.7 Å². The molecule has 0 aliphatic heterocycles. The van der Waals surface area contributed by atoms with Gasteiger partial charge in [-0.15, -0.1) is 0 Å². The van der Waals surface area contributed by atoms with Gasteiger partial charge in [0.05, 0.1) is 0 Å². The van der Waals surface area contributed by atoms with Crippen LogP contribution in [0.3, 0.4) is 0 Å². The van der Waals surface area contributed by atoms with Crippen molar-refractivity contribution in [3.63, 3.8) is 0 Å². The number of aryl methyl sites for hydroxylation is 1. The summed E-state index contributed by atoms with van der Waals surface area (Å²) in [6.07, 6.45) is 0.744. The second-order valence-corrected chi connectivity index (χ2v) is 5.08. The maximum absolute atomic E-state index is 13.5. The molecule has 0 aromatic heterocycles. The van der Waals surface area contributed by atoms with Crippen LogP contribution < -0.4 is 5.73 Å². The first-order valence-corrected chi connectivity index (χ1v) is 6.86. The molecule has 2 rings (SSSR count). The van der Waals surface area contributed by atoms with Crippen LogP contribution in [0.5, 0.6) is 0 Å². The highest BCUT2D eigenvalue weighted by molar-refractivity contribution is 6.30. The van der Waals surface area contributed by atoms with Gasteiger partial charge in [0.15, 0.2) is 0 Å². The van der Waals surface area contributed by atoms with Crippen molar-refractivity contribution in [3.8, 4) is 0 Å². The van der Waals surface area contributed by atoms with Crippen molar-refractivity contribution in [2.24, 2.45) is 0 Å². The largest absolute Gasteiger partial charge is 0.461 e. The Balaban J connectivity index is 1.83. The Morgan fingerprint density at radius 2 is 2.05 bits per heavy atom. The maximum atomic E-state index is 13.5. The average molecular weight is 308 g/mol. The number of rotatable bonds is 5. The maximum Gasteiger partial charge on any atom is 0.306 e. The molecule has 0 atom stereocenters. The van der Waals surface area contributed by atoms with E-state index in [9.17, 15) is 9.18 Å². The van der Waals surface area contributed by atoms with Gasteiger partial charge < -0.3 is 10.5 Å². The van der Waals surface area contributed by atoms with Crippen LogP contribution in [0, 0.1) is 5.82 Å². The highest BCUT2D eigenvalue weighted by atomic mass is 35.5. The number of esters is 1. The number of nitrogens with two attached hydrogens (primary N) is 1. The van der Waals surface area contributed by atoms with Crippen LogP contribution in [0.25, 0.3) is 0 Å². The monoisotopic (exact) mass is 307 g/mol. The summed E-state index contributed by atoms with van der Waals surface area (Å²) in [5, 5.41) is 0.405. The van der Waals surface area contributed by atoms with Crippen molar-refractivity contribution in [2.75, 3.05) is 5.73 Å². The minimum atomic E-state index is -0.442. The highest BCUT2D eigenvalue weighted by Crippen LogP contribution is 2.16. The van der Waals surface area contributed by atoms with Crippen LogP contribution in [0.4, 0.5) is 10.1 Å². The van der Waals surface area contributed by atoms with Gasteiger partial charge >= 0.3 is 5.97 Å². The number of nitrogen functional groups attached to an aromatic ring is 1. The molecule has 2 N–H and O–H groups in total. The van der Waals surface area contributed by atoms with Crippen LogP contribution in [-0.4, -0.2) is 5.97 Å². The number of halogens is 2. The van der Waals surface area contributed by atoms with Crippen LogP contribution in [0.15, 0.2) is 42.5 Å². The number of hydrogen-bond acceptors (Lipinski definition) is 3. The summed E-state index contributed by atoms with van der Waals surface area (Å²) in [5.41, 5.74) is 7.54. The van der Waals surface area contributed by atoms with Crippen LogP contribution in [-0.2, 0) is 22.6 Å². The lowest BCUT2D eigenvalue weighted by molar-refractivity contribution is -0.144. The van der Waals surface area contributed by atoms with Crippen LogP contribution in [0.2, 0.25) is 5.02 Å². The first-order chi connectivity index (χ1) is 10.0. The Labute approximate surface area is 127 Å². The van der Waals surface area contributed by atoms with Crippen molar-refractivity contribution in [1.29, 1.82) is 0 Å². The summed E-state index contributed by atoms with van der Waals surface area (Å²) in [7, 11) is 0. The normalized spacial score (nSPS) is 10.4. The van der Waals surface area contributed by atoms with Gasteiger partial charge in [0.1, 0.15) is 12.4 Å². The molecule has 0 amide bonds. The van der Waals surface area contributed by atoms with E-state index in [2.05, 4.69) is 0 Å². The summed E-state index contributed by atoms with van der Waals surface area (Å²) < 4.78 is 18.5. The standard InChI is InChI=1S/C16H15ClFNO2/c17-13-5-6-15(18)12(9-13)10-21-16(20)7-4-11-2-1-3-14(19)8-11/h1-3,5-6,8-9H,4,7,10,19H2. The molecule has 2 aromatic carbocycles. The van der Waals surface area contributed by atoms with E-state index in [0.29, 0.717) is 17.1 Å². The van der Waals surface area contributed by atoms with Gasteiger partial charge in [-0.1, -0.05) is 23.7 Å². The SMILES string of the molecule is Nc1cccc(CCC(=O)OCc2cc(Cl)ccc2F)c1. The lowest BCUT2D eigenvalue weighted by Gasteiger charge is -2.07. The third kappa shape index (κ3) is 4.76. The third-order valence-corrected chi connectivity index (χ3v) is 3.20. The molecular formula is C16H15ClFNO2. The van der Waals surface area contributed by atoms with Crippen molar-refractivity contribution in [3.05, 3.63) is 64.4 Å². The fraction of sp³-hybridized carbons (Fsp3) is 0.188. The minimum absolute atomic E-state index is 0.123. The van der Waals surface area contributed by atoms with Crippen molar-refractivity contribution < 1.29 is 13.9 Å². The second kappa shape index (κ2) is 7.09. The lowest BCUT2D eigenvalue weighted by atomic mass is 10.1. The first-order valence-electron chi connectivity index (χ1n) is 6.48. The molecule has 0 aliphatic carbocycles. The van der Waals surface area contributed by atoms with Gasteiger partial charge in [0.2, 0.25) is 0 Å². The summed E-state index contributed by atoms with van der Waals surface area (Å²) in [5.74, 6) is -0.833. The van der Waals surface area contributed by atoms with Gasteiger partial charge in [-0.3, -0.25) is 4.79 Å². The molecule has 110 valence electrons. The van der Waals surface area contributed by atoms with Crippen molar-refractivity contribution in [1.82, 2.24) is 0 Å². The van der Waals surface area contributed by atoms with E-state index in [0.717, 1.165) is 5.56 Å². The van der Waals surface area contributed by atoms with Gasteiger partial charge in [-0.2, -0.15) is 0 Å². The van der Waals surface area contributed by atoms with E-state index in [1.807, 2.05) is 18.2 Å². The first kappa shape index (κ1) is 15.3. The molecule has 0 spiro atoms. The summed E-state index contributed by atoms with van der Waals surface area (Å²) >= 11 is 5.77. The summed E-state index contributed by atoms with van der Waals surface area (Å²) in [6, 6.07) is 11.5. The molecule has 5 heteroatoms. The van der Waals surface area contributed by atoms with E-state index in [1.54, 1.807) is 6.07 Å². The van der Waals surface area contributed by atoms with Crippen molar-refractivity contribution in [2.45, 2.75) is 19.4 Å². The number of carbonyl (C=O) groups is 1. The number of benzene rings is 2. The van der Waals surface area contributed by atoms with E-state index < -0.39 is 11.8 Å². The summed E-state index contributed by atoms with van der Waals surface area (Å²) in [4.78, 5) is 11.7. The van der Waals surface area contributed by atoms with Gasteiger partial charge in [-0.05, 0) is 42.3 Å². The number of hydrogen-bond donors (Lipinski definition) is 1. The molecule has 0 bridgehead atoms. The Bertz CT molecular complexity index is 646. The Morgan fingerprint density at radius 3 is 2.81 bits per heavy atom. The second-order valence-electron chi connectivity index (χ2n) is 4.64. The molecular weight excluding hydrogens is 293 g/mol. The predicted octanol–water partition coefficient (Wildman–Crippen LogP) is 3.74. The van der Waals surface area contributed by atoms with Crippen molar-refractivity contribution >= 4 is 23.3 Å². The average Bonchev–Trinajstić information content (AvgIpc) is 2.46. The zero-order valence-corrected chi connectivity index (χ0v) is 12.1. The van der Waals surface area contributed by atoms with E-state index in [1.165, 1.54) is 18.2 Å². The molecule has 0 saturated carbocycles. The van der Waals surface area contributed by atoms with Gasteiger partial charge in [-0.25, -0.2) is 4.39 Å². The van der Waals surface area contributed by atoms with E-state index >= 15 is 0 Å². The Kier molecular flexibility index (Phi) is 5.17. The van der Waals surface area contributed by atoms with E-state index in [-0.39, 0.29) is 18.6 Å².